The number of carbonyl (C=O) groups excluding carboxylic acids is 1. The highest BCUT2D eigenvalue weighted by molar-refractivity contribution is 7.21. The number of pyridine rings is 1. The van der Waals surface area contributed by atoms with Gasteiger partial charge < -0.3 is 11.1 Å². The van der Waals surface area contributed by atoms with E-state index < -0.39 is 0 Å². The zero-order valence-electron chi connectivity index (χ0n) is 11.4. The summed E-state index contributed by atoms with van der Waals surface area (Å²) in [5.74, 6) is -0.0441. The lowest BCUT2D eigenvalue weighted by Crippen LogP contribution is -2.34. The summed E-state index contributed by atoms with van der Waals surface area (Å²) in [7, 11) is 0. The van der Waals surface area contributed by atoms with Crippen molar-refractivity contribution in [2.24, 2.45) is 0 Å². The average molecular weight is 289 g/mol. The van der Waals surface area contributed by atoms with Crippen molar-refractivity contribution in [2.45, 2.75) is 44.6 Å². The lowest BCUT2D eigenvalue weighted by molar-refractivity contribution is 0.0938. The normalized spacial score (nSPS) is 17.0. The molecular weight excluding hydrogens is 270 g/mol. The van der Waals surface area contributed by atoms with E-state index in [1.807, 2.05) is 12.1 Å². The van der Waals surface area contributed by atoms with Crippen LogP contribution in [0, 0.1) is 0 Å². The maximum Gasteiger partial charge on any atom is 0.263 e. The molecule has 0 aromatic carbocycles. The topological polar surface area (TPSA) is 68.0 Å². The first-order chi connectivity index (χ1) is 9.75. The van der Waals surface area contributed by atoms with E-state index in [-0.39, 0.29) is 5.91 Å². The van der Waals surface area contributed by atoms with Gasteiger partial charge in [-0.25, -0.2) is 0 Å². The predicted molar refractivity (Wildman–Crippen MR) is 83.0 cm³/mol. The van der Waals surface area contributed by atoms with Gasteiger partial charge in [0, 0.05) is 12.2 Å². The van der Waals surface area contributed by atoms with Crippen molar-refractivity contribution in [3.8, 4) is 0 Å². The van der Waals surface area contributed by atoms with E-state index >= 15 is 0 Å². The summed E-state index contributed by atoms with van der Waals surface area (Å²) in [5, 5.41) is 3.14. The highest BCUT2D eigenvalue weighted by Crippen LogP contribution is 2.32. The van der Waals surface area contributed by atoms with Gasteiger partial charge in [-0.1, -0.05) is 25.7 Å². The number of nitrogens with two attached hydrogens (primary N) is 1. The first-order valence-corrected chi connectivity index (χ1v) is 8.01. The van der Waals surface area contributed by atoms with Crippen LogP contribution in [-0.2, 0) is 0 Å². The summed E-state index contributed by atoms with van der Waals surface area (Å²) < 4.78 is 0.969. The Hall–Kier alpha value is -1.62. The molecule has 1 fully saturated rings. The second kappa shape index (κ2) is 5.79. The molecule has 3 N–H and O–H groups in total. The summed E-state index contributed by atoms with van der Waals surface area (Å²) in [6.07, 6.45) is 8.83. The monoisotopic (exact) mass is 289 g/mol. The fourth-order valence-electron chi connectivity index (χ4n) is 2.79. The van der Waals surface area contributed by atoms with Crippen molar-refractivity contribution in [3.05, 3.63) is 23.2 Å². The minimum Gasteiger partial charge on any atom is -0.396 e. The Morgan fingerprint density at radius 3 is 2.75 bits per heavy atom. The van der Waals surface area contributed by atoms with Crippen LogP contribution in [0.5, 0.6) is 0 Å². The Bertz CT molecular complexity index is 615. The molecule has 0 atom stereocenters. The number of carbonyl (C=O) groups is 1. The van der Waals surface area contributed by atoms with Crippen LogP contribution in [0.25, 0.3) is 10.2 Å². The zero-order valence-corrected chi connectivity index (χ0v) is 12.2. The molecule has 0 spiro atoms. The third-order valence-corrected chi connectivity index (χ3v) is 5.04. The molecule has 0 saturated heterocycles. The molecule has 1 saturated carbocycles. The van der Waals surface area contributed by atoms with Gasteiger partial charge in [0.05, 0.1) is 10.4 Å². The summed E-state index contributed by atoms with van der Waals surface area (Å²) in [6.45, 7) is 0. The van der Waals surface area contributed by atoms with E-state index in [9.17, 15) is 4.79 Å². The van der Waals surface area contributed by atoms with Crippen LogP contribution < -0.4 is 11.1 Å². The average Bonchev–Trinajstić information content (AvgIpc) is 2.64. The number of amides is 1. The van der Waals surface area contributed by atoms with E-state index in [0.29, 0.717) is 16.6 Å². The van der Waals surface area contributed by atoms with Crippen LogP contribution >= 0.6 is 11.3 Å². The third kappa shape index (κ3) is 2.63. The number of nitrogen functional groups attached to an aromatic ring is 1. The predicted octanol–water partition coefficient (Wildman–Crippen LogP) is 3.33. The number of hydrogen-bond acceptors (Lipinski definition) is 4. The van der Waals surface area contributed by atoms with Gasteiger partial charge in [0.2, 0.25) is 0 Å². The smallest absolute Gasteiger partial charge is 0.263 e. The van der Waals surface area contributed by atoms with Crippen molar-refractivity contribution in [3.63, 3.8) is 0 Å². The molecule has 1 aliphatic carbocycles. The van der Waals surface area contributed by atoms with Crippen LogP contribution in [0.1, 0.15) is 48.2 Å². The lowest BCUT2D eigenvalue weighted by atomic mass is 10.1. The Morgan fingerprint density at radius 1 is 1.30 bits per heavy atom. The van der Waals surface area contributed by atoms with E-state index in [2.05, 4.69) is 10.3 Å². The molecule has 5 heteroatoms. The zero-order chi connectivity index (χ0) is 13.9. The fourth-order valence-corrected chi connectivity index (χ4v) is 3.78. The van der Waals surface area contributed by atoms with Crippen molar-refractivity contribution in [2.75, 3.05) is 5.73 Å². The Kier molecular flexibility index (Phi) is 3.87. The van der Waals surface area contributed by atoms with E-state index in [1.54, 1.807) is 6.20 Å². The van der Waals surface area contributed by atoms with Crippen molar-refractivity contribution < 1.29 is 4.79 Å². The number of thiophene rings is 1. The summed E-state index contributed by atoms with van der Waals surface area (Å²) in [4.78, 5) is 17.3. The number of anilines is 1. The second-order valence-electron chi connectivity index (χ2n) is 5.36. The highest BCUT2D eigenvalue weighted by Gasteiger charge is 2.20. The molecule has 1 aliphatic rings. The standard InChI is InChI=1S/C15H19N3OS/c16-12-13-11(8-5-9-17-13)20-14(12)15(19)18-10-6-3-1-2-4-7-10/h5,8-10H,1-4,6-7,16H2,(H,18,19). The van der Waals surface area contributed by atoms with E-state index in [1.165, 1.54) is 37.0 Å². The summed E-state index contributed by atoms with van der Waals surface area (Å²) >= 11 is 1.43. The molecule has 3 rings (SSSR count). The van der Waals surface area contributed by atoms with Crippen LogP contribution in [0.4, 0.5) is 5.69 Å². The number of nitrogens with zero attached hydrogens (tertiary/aromatic N) is 1. The third-order valence-electron chi connectivity index (χ3n) is 3.88. The molecule has 2 aromatic heterocycles. The van der Waals surface area contributed by atoms with E-state index in [4.69, 9.17) is 5.73 Å². The fraction of sp³-hybridized carbons (Fsp3) is 0.467. The minimum atomic E-state index is -0.0441. The molecular formula is C15H19N3OS. The van der Waals surface area contributed by atoms with Gasteiger partial charge in [0.1, 0.15) is 10.4 Å². The Labute approximate surface area is 122 Å². The van der Waals surface area contributed by atoms with Gasteiger partial charge in [-0.15, -0.1) is 11.3 Å². The number of hydrogen-bond donors (Lipinski definition) is 2. The Balaban J connectivity index is 1.79. The Morgan fingerprint density at radius 2 is 2.05 bits per heavy atom. The summed E-state index contributed by atoms with van der Waals surface area (Å²) in [6, 6.07) is 4.11. The van der Waals surface area contributed by atoms with Gasteiger partial charge in [-0.2, -0.15) is 0 Å². The largest absolute Gasteiger partial charge is 0.396 e. The van der Waals surface area contributed by atoms with Crippen molar-refractivity contribution in [1.29, 1.82) is 0 Å². The number of nitrogens with one attached hydrogen (secondary N) is 1. The van der Waals surface area contributed by atoms with E-state index in [0.717, 1.165) is 23.1 Å². The van der Waals surface area contributed by atoms with Crippen molar-refractivity contribution in [1.82, 2.24) is 10.3 Å². The maximum atomic E-state index is 12.4. The van der Waals surface area contributed by atoms with Crippen LogP contribution in [0.2, 0.25) is 0 Å². The molecule has 4 nitrogen and oxygen atoms in total. The molecule has 1 amide bonds. The van der Waals surface area contributed by atoms with Gasteiger partial charge in [-0.05, 0) is 25.0 Å². The quantitative estimate of drug-likeness (QED) is 0.833. The molecule has 106 valence electrons. The molecule has 2 aromatic rings. The lowest BCUT2D eigenvalue weighted by Gasteiger charge is -2.15. The second-order valence-corrected chi connectivity index (χ2v) is 6.41. The van der Waals surface area contributed by atoms with Gasteiger partial charge >= 0.3 is 0 Å². The van der Waals surface area contributed by atoms with Crippen LogP contribution in [0.3, 0.4) is 0 Å². The first-order valence-electron chi connectivity index (χ1n) is 7.19. The highest BCUT2D eigenvalue weighted by atomic mass is 32.1. The molecule has 20 heavy (non-hydrogen) atoms. The molecule has 2 heterocycles. The molecule has 0 bridgehead atoms. The van der Waals surface area contributed by atoms with Crippen molar-refractivity contribution >= 4 is 33.1 Å². The minimum absolute atomic E-state index is 0.0441. The molecule has 0 unspecified atom stereocenters. The van der Waals surface area contributed by atoms with Crippen LogP contribution in [-0.4, -0.2) is 16.9 Å². The van der Waals surface area contributed by atoms with Crippen LogP contribution in [0.15, 0.2) is 18.3 Å². The SMILES string of the molecule is Nc1c(C(=O)NC2CCCCCC2)sc2cccnc12. The van der Waals surface area contributed by atoms with Gasteiger partial charge in [0.15, 0.2) is 0 Å². The first kappa shape index (κ1) is 13.4. The molecule has 0 aliphatic heterocycles. The van der Waals surface area contributed by atoms with Gasteiger partial charge in [-0.3, -0.25) is 9.78 Å². The molecule has 0 radical (unpaired) electrons. The summed E-state index contributed by atoms with van der Waals surface area (Å²) in [5.41, 5.74) is 7.31. The van der Waals surface area contributed by atoms with Gasteiger partial charge in [0.25, 0.3) is 5.91 Å². The number of fused-ring (bicyclic) bond motifs is 1. The maximum absolute atomic E-state index is 12.4. The number of aromatic nitrogens is 1. The number of rotatable bonds is 2.